The van der Waals surface area contributed by atoms with Gasteiger partial charge in [-0.3, -0.25) is 4.79 Å². The second-order valence-electron chi connectivity index (χ2n) is 4.24. The van der Waals surface area contributed by atoms with Crippen LogP contribution >= 0.6 is 0 Å². The topological polar surface area (TPSA) is 106 Å². The molecular weight excluding hydrogens is 258 g/mol. The van der Waals surface area contributed by atoms with Crippen molar-refractivity contribution in [3.63, 3.8) is 0 Å². The lowest BCUT2D eigenvalue weighted by Crippen LogP contribution is -2.13. The van der Waals surface area contributed by atoms with E-state index in [1.54, 1.807) is 24.3 Å². The van der Waals surface area contributed by atoms with Crippen LogP contribution in [0.1, 0.15) is 29.6 Å². The fraction of sp³-hybridized carbons (Fsp3) is 0.308. The predicted octanol–water partition coefficient (Wildman–Crippen LogP) is 1.41. The maximum absolute atomic E-state index is 11.0. The van der Waals surface area contributed by atoms with E-state index >= 15 is 0 Å². The molecule has 0 saturated carbocycles. The number of primary amides is 1. The van der Waals surface area contributed by atoms with Crippen LogP contribution in [0.3, 0.4) is 0 Å². The van der Waals surface area contributed by atoms with Gasteiger partial charge in [-0.05, 0) is 37.2 Å². The van der Waals surface area contributed by atoms with E-state index in [1.807, 2.05) is 0 Å². The largest absolute Gasteiger partial charge is 0.406 e. The number of carbonyl (C=O) groups excluding carboxylic acids is 1. The molecule has 0 atom stereocenters. The van der Waals surface area contributed by atoms with Gasteiger partial charge in [0.25, 0.3) is 0 Å². The molecule has 0 unspecified atom stereocenters. The molecule has 106 valence electrons. The van der Waals surface area contributed by atoms with E-state index < -0.39 is 5.91 Å². The number of nitrogens with two attached hydrogens (primary N) is 1. The highest BCUT2D eigenvalue weighted by molar-refractivity contribution is 5.93. The standard InChI is InChI=1S/C13H17N5O2/c1-2-7-15-8-11-17-18-13(20-11)16-10-5-3-9(4-6-10)12(14)19/h3-6,15H,2,7-8H2,1H3,(H2,14,19)(H,16,18). The first-order valence-corrected chi connectivity index (χ1v) is 6.39. The van der Waals surface area contributed by atoms with Gasteiger partial charge in [-0.1, -0.05) is 12.0 Å². The highest BCUT2D eigenvalue weighted by atomic mass is 16.4. The Kier molecular flexibility index (Phi) is 4.67. The summed E-state index contributed by atoms with van der Waals surface area (Å²) in [6, 6.07) is 7.01. The molecule has 0 bridgehead atoms. The quantitative estimate of drug-likeness (QED) is 0.660. The Morgan fingerprint density at radius 2 is 2.05 bits per heavy atom. The number of nitrogens with one attached hydrogen (secondary N) is 2. The molecule has 7 nitrogen and oxygen atoms in total. The third-order valence-corrected chi connectivity index (χ3v) is 2.59. The van der Waals surface area contributed by atoms with Crippen molar-refractivity contribution in [2.45, 2.75) is 19.9 Å². The summed E-state index contributed by atoms with van der Waals surface area (Å²) in [5.41, 5.74) is 6.36. The Balaban J connectivity index is 1.94. The van der Waals surface area contributed by atoms with Crippen molar-refractivity contribution in [3.8, 4) is 0 Å². The van der Waals surface area contributed by atoms with Gasteiger partial charge in [0, 0.05) is 11.3 Å². The fourth-order valence-corrected chi connectivity index (χ4v) is 1.59. The van der Waals surface area contributed by atoms with E-state index in [4.69, 9.17) is 10.2 Å². The zero-order chi connectivity index (χ0) is 14.4. The van der Waals surface area contributed by atoms with Crippen LogP contribution in [0.2, 0.25) is 0 Å². The number of hydrogen-bond acceptors (Lipinski definition) is 6. The zero-order valence-corrected chi connectivity index (χ0v) is 11.2. The monoisotopic (exact) mass is 275 g/mol. The summed E-state index contributed by atoms with van der Waals surface area (Å²) < 4.78 is 5.42. The molecule has 0 aliphatic heterocycles. The average molecular weight is 275 g/mol. The van der Waals surface area contributed by atoms with Crippen LogP contribution in [0.5, 0.6) is 0 Å². The Morgan fingerprint density at radius 1 is 1.30 bits per heavy atom. The first-order chi connectivity index (χ1) is 9.69. The van der Waals surface area contributed by atoms with Crippen LogP contribution in [-0.2, 0) is 6.54 Å². The number of aromatic nitrogens is 2. The number of nitrogens with zero attached hydrogens (tertiary/aromatic N) is 2. The Labute approximate surface area is 116 Å². The molecule has 7 heteroatoms. The van der Waals surface area contributed by atoms with Crippen LogP contribution < -0.4 is 16.4 Å². The smallest absolute Gasteiger partial charge is 0.320 e. The van der Waals surface area contributed by atoms with E-state index in [1.165, 1.54) is 0 Å². The minimum atomic E-state index is -0.460. The first kappa shape index (κ1) is 14.0. The van der Waals surface area contributed by atoms with Crippen LogP contribution in [0.15, 0.2) is 28.7 Å². The van der Waals surface area contributed by atoms with Gasteiger partial charge in [-0.25, -0.2) is 0 Å². The average Bonchev–Trinajstić information content (AvgIpc) is 2.87. The summed E-state index contributed by atoms with van der Waals surface area (Å²) in [4.78, 5) is 11.0. The van der Waals surface area contributed by atoms with Crippen molar-refractivity contribution in [1.82, 2.24) is 15.5 Å². The van der Waals surface area contributed by atoms with Crippen molar-refractivity contribution in [2.24, 2.45) is 5.73 Å². The number of hydrogen-bond donors (Lipinski definition) is 3. The van der Waals surface area contributed by atoms with Crippen molar-refractivity contribution < 1.29 is 9.21 Å². The van der Waals surface area contributed by atoms with Gasteiger partial charge in [-0.2, -0.15) is 0 Å². The SMILES string of the molecule is CCCNCc1nnc(Nc2ccc(C(N)=O)cc2)o1. The molecule has 0 aliphatic rings. The van der Waals surface area contributed by atoms with Crippen molar-refractivity contribution in [1.29, 1.82) is 0 Å². The Morgan fingerprint density at radius 3 is 2.70 bits per heavy atom. The van der Waals surface area contributed by atoms with E-state index in [0.29, 0.717) is 24.0 Å². The normalized spacial score (nSPS) is 10.4. The molecule has 0 spiro atoms. The first-order valence-electron chi connectivity index (χ1n) is 6.39. The number of carbonyl (C=O) groups is 1. The molecule has 4 N–H and O–H groups in total. The zero-order valence-electron chi connectivity index (χ0n) is 11.2. The van der Waals surface area contributed by atoms with Gasteiger partial charge in [-0.15, -0.1) is 5.10 Å². The van der Waals surface area contributed by atoms with Crippen LogP contribution in [-0.4, -0.2) is 22.6 Å². The van der Waals surface area contributed by atoms with Gasteiger partial charge in [0.05, 0.1) is 6.54 Å². The number of benzene rings is 1. The Hall–Kier alpha value is -2.41. The predicted molar refractivity (Wildman–Crippen MR) is 74.5 cm³/mol. The summed E-state index contributed by atoms with van der Waals surface area (Å²) in [6.07, 6.45) is 1.05. The van der Waals surface area contributed by atoms with Crippen LogP contribution in [0.25, 0.3) is 0 Å². The van der Waals surface area contributed by atoms with Crippen molar-refractivity contribution in [2.75, 3.05) is 11.9 Å². The van der Waals surface area contributed by atoms with Gasteiger partial charge in [0.15, 0.2) is 0 Å². The van der Waals surface area contributed by atoms with Gasteiger partial charge >= 0.3 is 6.01 Å². The second kappa shape index (κ2) is 6.67. The molecule has 0 radical (unpaired) electrons. The molecule has 1 aromatic heterocycles. The third-order valence-electron chi connectivity index (χ3n) is 2.59. The molecule has 0 fully saturated rings. The van der Waals surface area contributed by atoms with Gasteiger partial charge < -0.3 is 20.8 Å². The summed E-state index contributed by atoms with van der Waals surface area (Å²) in [7, 11) is 0. The van der Waals surface area contributed by atoms with Crippen LogP contribution in [0.4, 0.5) is 11.7 Å². The third kappa shape index (κ3) is 3.79. The maximum Gasteiger partial charge on any atom is 0.320 e. The summed E-state index contributed by atoms with van der Waals surface area (Å²) in [5.74, 6) is 0.0633. The van der Waals surface area contributed by atoms with Crippen molar-refractivity contribution in [3.05, 3.63) is 35.7 Å². The summed E-state index contributed by atoms with van der Waals surface area (Å²) >= 11 is 0. The molecule has 1 aromatic carbocycles. The number of anilines is 2. The molecular formula is C13H17N5O2. The minimum absolute atomic E-state index is 0.310. The fourth-order valence-electron chi connectivity index (χ4n) is 1.59. The molecule has 2 aromatic rings. The van der Waals surface area contributed by atoms with Gasteiger partial charge in [0.1, 0.15) is 0 Å². The lowest BCUT2D eigenvalue weighted by molar-refractivity contribution is 0.100. The minimum Gasteiger partial charge on any atom is -0.406 e. The van der Waals surface area contributed by atoms with Crippen molar-refractivity contribution >= 4 is 17.6 Å². The number of rotatable bonds is 7. The lowest BCUT2D eigenvalue weighted by atomic mass is 10.2. The molecule has 1 heterocycles. The van der Waals surface area contributed by atoms with Crippen LogP contribution in [0, 0.1) is 0 Å². The van der Waals surface area contributed by atoms with E-state index in [0.717, 1.165) is 18.7 Å². The molecule has 1 amide bonds. The molecule has 0 saturated heterocycles. The second-order valence-corrected chi connectivity index (χ2v) is 4.24. The highest BCUT2D eigenvalue weighted by Gasteiger charge is 2.06. The van der Waals surface area contributed by atoms with E-state index in [2.05, 4.69) is 27.8 Å². The summed E-state index contributed by atoms with van der Waals surface area (Å²) in [5, 5.41) is 13.9. The highest BCUT2D eigenvalue weighted by Crippen LogP contribution is 2.15. The molecule has 20 heavy (non-hydrogen) atoms. The summed E-state index contributed by atoms with van der Waals surface area (Å²) in [6.45, 7) is 3.53. The van der Waals surface area contributed by atoms with E-state index in [-0.39, 0.29) is 0 Å². The maximum atomic E-state index is 11.0. The van der Waals surface area contributed by atoms with Gasteiger partial charge in [0.2, 0.25) is 11.8 Å². The molecule has 2 rings (SSSR count). The van der Waals surface area contributed by atoms with E-state index in [9.17, 15) is 4.79 Å². The number of amides is 1. The Bertz CT molecular complexity index is 564. The lowest BCUT2D eigenvalue weighted by Gasteiger charge is -2.01. The molecule has 0 aliphatic carbocycles.